The van der Waals surface area contributed by atoms with Gasteiger partial charge in [-0.05, 0) is 30.3 Å². The van der Waals surface area contributed by atoms with Crippen molar-refractivity contribution in [1.29, 1.82) is 0 Å². The molecule has 0 saturated heterocycles. The number of benzene rings is 1. The monoisotopic (exact) mass is 355 g/mol. The van der Waals surface area contributed by atoms with Gasteiger partial charge in [0.2, 0.25) is 0 Å². The Morgan fingerprint density at radius 3 is 2.88 bits per heavy atom. The second-order valence-corrected chi connectivity index (χ2v) is 6.40. The van der Waals surface area contributed by atoms with Crippen molar-refractivity contribution in [3.63, 3.8) is 0 Å². The predicted molar refractivity (Wildman–Crippen MR) is 93.7 cm³/mol. The van der Waals surface area contributed by atoms with Gasteiger partial charge in [0.25, 0.3) is 0 Å². The lowest BCUT2D eigenvalue weighted by Crippen LogP contribution is -2.22. The molecule has 4 rings (SSSR count). The lowest BCUT2D eigenvalue weighted by Gasteiger charge is -2.07. The van der Waals surface area contributed by atoms with E-state index < -0.39 is 0 Å². The van der Waals surface area contributed by atoms with E-state index in [1.54, 1.807) is 36.8 Å². The number of hydrogen-bond donors (Lipinski definition) is 0. The largest absolute Gasteiger partial charge is 0.350 e. The van der Waals surface area contributed by atoms with Crippen LogP contribution in [0.25, 0.3) is 11.3 Å². The van der Waals surface area contributed by atoms with E-state index in [-0.39, 0.29) is 11.5 Å². The molecule has 0 unspecified atom stereocenters. The van der Waals surface area contributed by atoms with E-state index in [0.717, 1.165) is 5.16 Å². The Labute approximate surface area is 146 Å². The highest BCUT2D eigenvalue weighted by Crippen LogP contribution is 2.21. The average molecular weight is 355 g/mol. The fourth-order valence-corrected chi connectivity index (χ4v) is 3.44. The van der Waals surface area contributed by atoms with E-state index in [4.69, 9.17) is 0 Å². The fraction of sp³-hybridized carbons (Fsp3) is 0.118. The molecule has 0 bridgehead atoms. The summed E-state index contributed by atoms with van der Waals surface area (Å²) in [5.41, 5.74) is 1.17. The van der Waals surface area contributed by atoms with Crippen LogP contribution in [0.15, 0.2) is 71.0 Å². The molecule has 6 nitrogen and oxygen atoms in total. The molecular weight excluding hydrogens is 341 g/mol. The number of halogens is 1. The molecule has 3 aromatic heterocycles. The number of rotatable bonds is 5. The van der Waals surface area contributed by atoms with Gasteiger partial charge in [0.1, 0.15) is 5.82 Å². The smallest absolute Gasteiger partial charge is 0.295 e. The van der Waals surface area contributed by atoms with Crippen LogP contribution in [0.4, 0.5) is 4.39 Å². The molecule has 0 N–H and O–H groups in total. The molecule has 126 valence electrons. The van der Waals surface area contributed by atoms with Gasteiger partial charge < -0.3 is 0 Å². The van der Waals surface area contributed by atoms with Crippen LogP contribution in [-0.4, -0.2) is 29.5 Å². The SMILES string of the molecule is O=c1n(CCSc2nccn2-c2cccc(F)c2)nc2ccccn12. The van der Waals surface area contributed by atoms with Crippen LogP contribution in [0.1, 0.15) is 0 Å². The number of aryl methyl sites for hydroxylation is 1. The van der Waals surface area contributed by atoms with Crippen molar-refractivity contribution in [3.05, 3.63) is 77.4 Å². The first kappa shape index (κ1) is 15.6. The molecule has 0 amide bonds. The molecule has 0 fully saturated rings. The first-order valence-corrected chi connectivity index (χ1v) is 8.67. The summed E-state index contributed by atoms with van der Waals surface area (Å²) in [6.07, 6.45) is 5.16. The van der Waals surface area contributed by atoms with Crippen LogP contribution in [0, 0.1) is 5.82 Å². The highest BCUT2D eigenvalue weighted by molar-refractivity contribution is 7.99. The van der Waals surface area contributed by atoms with E-state index in [0.29, 0.717) is 23.6 Å². The summed E-state index contributed by atoms with van der Waals surface area (Å²) in [4.78, 5) is 16.5. The molecular formula is C17H14FN5OS. The zero-order chi connectivity index (χ0) is 17.2. The minimum absolute atomic E-state index is 0.162. The molecule has 0 atom stereocenters. The molecule has 0 saturated carbocycles. The Bertz CT molecular complexity index is 1080. The Balaban J connectivity index is 1.50. The van der Waals surface area contributed by atoms with Crippen LogP contribution < -0.4 is 5.69 Å². The number of nitrogens with zero attached hydrogens (tertiary/aromatic N) is 5. The zero-order valence-electron chi connectivity index (χ0n) is 13.1. The van der Waals surface area contributed by atoms with Gasteiger partial charge in [-0.3, -0.25) is 8.97 Å². The third-order valence-electron chi connectivity index (χ3n) is 3.72. The maximum Gasteiger partial charge on any atom is 0.350 e. The van der Waals surface area contributed by atoms with Crippen LogP contribution in [0.2, 0.25) is 0 Å². The van der Waals surface area contributed by atoms with Crippen molar-refractivity contribution in [2.75, 3.05) is 5.75 Å². The standard InChI is InChI=1S/C17H14FN5OS/c18-13-4-3-5-14(12-13)21-9-7-19-16(21)25-11-10-23-17(24)22-8-2-1-6-15(22)20-23/h1-9,12H,10-11H2. The second-order valence-electron chi connectivity index (χ2n) is 5.34. The fourth-order valence-electron chi connectivity index (χ4n) is 2.56. The van der Waals surface area contributed by atoms with Crippen molar-refractivity contribution in [2.24, 2.45) is 0 Å². The number of fused-ring (bicyclic) bond motifs is 1. The topological polar surface area (TPSA) is 57.1 Å². The van der Waals surface area contributed by atoms with E-state index in [1.807, 2.05) is 16.7 Å². The summed E-state index contributed by atoms with van der Waals surface area (Å²) >= 11 is 1.49. The lowest BCUT2D eigenvalue weighted by atomic mass is 10.3. The maximum absolute atomic E-state index is 13.4. The molecule has 4 aromatic rings. The van der Waals surface area contributed by atoms with Gasteiger partial charge in [0.05, 0.1) is 12.2 Å². The van der Waals surface area contributed by atoms with Crippen molar-refractivity contribution >= 4 is 17.4 Å². The van der Waals surface area contributed by atoms with Gasteiger partial charge >= 0.3 is 5.69 Å². The molecule has 0 spiro atoms. The number of imidazole rings is 1. The molecule has 0 aliphatic rings. The summed E-state index contributed by atoms with van der Waals surface area (Å²) < 4.78 is 18.2. The Hall–Kier alpha value is -2.87. The molecule has 0 aliphatic carbocycles. The van der Waals surface area contributed by atoms with E-state index in [2.05, 4.69) is 10.1 Å². The summed E-state index contributed by atoms with van der Waals surface area (Å²) in [7, 11) is 0. The Morgan fingerprint density at radius 2 is 2.04 bits per heavy atom. The van der Waals surface area contributed by atoms with Gasteiger partial charge in [-0.25, -0.2) is 18.9 Å². The molecule has 1 aromatic carbocycles. The van der Waals surface area contributed by atoms with E-state index in [1.165, 1.54) is 33.0 Å². The maximum atomic E-state index is 13.4. The summed E-state index contributed by atoms with van der Waals surface area (Å²) in [6, 6.07) is 11.8. The van der Waals surface area contributed by atoms with Gasteiger partial charge in [0.15, 0.2) is 10.8 Å². The van der Waals surface area contributed by atoms with Gasteiger partial charge in [0, 0.05) is 24.3 Å². The summed E-state index contributed by atoms with van der Waals surface area (Å²) in [5, 5.41) is 5.04. The highest BCUT2D eigenvalue weighted by Gasteiger charge is 2.09. The van der Waals surface area contributed by atoms with Crippen LogP contribution in [0.5, 0.6) is 0 Å². The summed E-state index contributed by atoms with van der Waals surface area (Å²) in [6.45, 7) is 0.460. The first-order chi connectivity index (χ1) is 12.2. The Kier molecular flexibility index (Phi) is 4.10. The van der Waals surface area contributed by atoms with Crippen molar-refractivity contribution in [3.8, 4) is 5.69 Å². The molecule has 0 radical (unpaired) electrons. The number of hydrogen-bond acceptors (Lipinski definition) is 4. The quantitative estimate of drug-likeness (QED) is 0.517. The highest BCUT2D eigenvalue weighted by atomic mass is 32.2. The van der Waals surface area contributed by atoms with Gasteiger partial charge in [-0.15, -0.1) is 5.10 Å². The van der Waals surface area contributed by atoms with Gasteiger partial charge in [-0.2, -0.15) is 0 Å². The van der Waals surface area contributed by atoms with Gasteiger partial charge in [-0.1, -0.05) is 23.9 Å². The third-order valence-corrected chi connectivity index (χ3v) is 4.66. The van der Waals surface area contributed by atoms with Crippen LogP contribution >= 0.6 is 11.8 Å². The van der Waals surface area contributed by atoms with Crippen molar-refractivity contribution in [1.82, 2.24) is 23.7 Å². The minimum atomic E-state index is -0.293. The van der Waals surface area contributed by atoms with E-state index >= 15 is 0 Å². The lowest BCUT2D eigenvalue weighted by molar-refractivity contribution is 0.625. The average Bonchev–Trinajstić information content (AvgIpc) is 3.21. The third kappa shape index (κ3) is 3.08. The number of thioether (sulfide) groups is 1. The number of aromatic nitrogens is 5. The normalized spacial score (nSPS) is 11.2. The molecule has 3 heterocycles. The second kappa shape index (κ2) is 6.56. The van der Waals surface area contributed by atoms with Crippen LogP contribution in [-0.2, 0) is 6.54 Å². The Morgan fingerprint density at radius 1 is 1.12 bits per heavy atom. The van der Waals surface area contributed by atoms with Crippen molar-refractivity contribution in [2.45, 2.75) is 11.7 Å². The molecule has 8 heteroatoms. The first-order valence-electron chi connectivity index (χ1n) is 7.69. The van der Waals surface area contributed by atoms with Crippen molar-refractivity contribution < 1.29 is 4.39 Å². The molecule has 25 heavy (non-hydrogen) atoms. The predicted octanol–water partition coefficient (Wildman–Crippen LogP) is 2.61. The molecule has 0 aliphatic heterocycles. The number of pyridine rings is 1. The van der Waals surface area contributed by atoms with Crippen LogP contribution in [0.3, 0.4) is 0 Å². The minimum Gasteiger partial charge on any atom is -0.295 e. The van der Waals surface area contributed by atoms with E-state index in [9.17, 15) is 9.18 Å². The summed E-state index contributed by atoms with van der Waals surface area (Å²) in [5.74, 6) is 0.328. The zero-order valence-corrected chi connectivity index (χ0v) is 13.9.